The fourth-order valence-electron chi connectivity index (χ4n) is 6.64. The highest BCUT2D eigenvalue weighted by atomic mass is 16.3. The smallest absolute Gasteiger partial charge is 0.239 e. The van der Waals surface area contributed by atoms with Gasteiger partial charge >= 0.3 is 0 Å². The Bertz CT molecular complexity index is 1130. The highest BCUT2D eigenvalue weighted by molar-refractivity contribution is 5.92. The lowest BCUT2D eigenvalue weighted by Gasteiger charge is -2.52. The van der Waals surface area contributed by atoms with E-state index in [9.17, 15) is 15.2 Å². The Hall–Kier alpha value is -2.83. The molecule has 1 spiro atoms. The van der Waals surface area contributed by atoms with E-state index < -0.39 is 6.35 Å². The number of nitrogens with zero attached hydrogens (tertiary/aromatic N) is 5. The second-order valence-corrected chi connectivity index (χ2v) is 11.3. The van der Waals surface area contributed by atoms with Crippen molar-refractivity contribution in [3.63, 3.8) is 0 Å². The molecule has 3 aliphatic rings. The number of pyridine rings is 1. The fraction of sp³-hybridized carbons (Fsp3) is 0.552. The third-order valence-electron chi connectivity index (χ3n) is 9.10. The number of nitriles is 1. The number of aromatic nitrogens is 1. The topological polar surface area (TPSA) is 95.7 Å². The van der Waals surface area contributed by atoms with Gasteiger partial charge in [-0.15, -0.1) is 0 Å². The highest BCUT2D eigenvalue weighted by Gasteiger charge is 2.55. The number of carbonyl (C=O) groups excluding carboxylic acids is 1. The van der Waals surface area contributed by atoms with Crippen LogP contribution in [-0.2, 0) is 10.3 Å². The first kappa shape index (κ1) is 25.8. The van der Waals surface area contributed by atoms with Crippen LogP contribution in [0.25, 0.3) is 0 Å². The molecule has 8 heteroatoms. The number of rotatable bonds is 7. The van der Waals surface area contributed by atoms with Crippen LogP contribution in [0.4, 0.5) is 5.82 Å². The molecule has 1 aromatic carbocycles. The van der Waals surface area contributed by atoms with Crippen molar-refractivity contribution >= 4 is 11.7 Å². The van der Waals surface area contributed by atoms with E-state index in [2.05, 4.69) is 70.6 Å². The first-order valence-electron chi connectivity index (χ1n) is 13.4. The van der Waals surface area contributed by atoms with Gasteiger partial charge in [0.05, 0.1) is 12.1 Å². The summed E-state index contributed by atoms with van der Waals surface area (Å²) in [5.41, 5.74) is 1.48. The lowest BCUT2D eigenvalue weighted by atomic mass is 9.68. The standard InChI is InChI=1S/C29H38N6O2/c1-33(2)29(24-11-4-3-5-12-24)15-13-28(14-16-29)21-34(27(37)35(28)19-22-8-6-9-22)20-25(36)32-26-23(18-30)10-7-17-31-26/h3-5,7,10-12,17,22,27,37H,6,8-9,13-16,19-21H2,1-2H3,(H,31,32,36). The second-order valence-electron chi connectivity index (χ2n) is 11.3. The summed E-state index contributed by atoms with van der Waals surface area (Å²) in [5, 5.41) is 23.6. The Kier molecular flexibility index (Phi) is 7.32. The van der Waals surface area contributed by atoms with Gasteiger partial charge in [-0.2, -0.15) is 5.26 Å². The summed E-state index contributed by atoms with van der Waals surface area (Å²) in [6, 6.07) is 16.1. The molecule has 2 saturated carbocycles. The van der Waals surface area contributed by atoms with E-state index in [0.29, 0.717) is 18.0 Å². The maximum atomic E-state index is 13.0. The summed E-state index contributed by atoms with van der Waals surface area (Å²) >= 11 is 0. The van der Waals surface area contributed by atoms with Crippen LogP contribution in [0.3, 0.4) is 0 Å². The lowest BCUT2D eigenvalue weighted by molar-refractivity contribution is -0.126. The van der Waals surface area contributed by atoms with Crippen molar-refractivity contribution in [3.05, 3.63) is 59.8 Å². The third kappa shape index (κ3) is 4.89. The van der Waals surface area contributed by atoms with Crippen LogP contribution >= 0.6 is 0 Å². The predicted octanol–water partition coefficient (Wildman–Crippen LogP) is 3.36. The van der Waals surface area contributed by atoms with E-state index in [0.717, 1.165) is 32.2 Å². The molecule has 0 radical (unpaired) electrons. The van der Waals surface area contributed by atoms with Crippen molar-refractivity contribution in [2.75, 3.05) is 39.0 Å². The maximum absolute atomic E-state index is 13.0. The number of amides is 1. The fourth-order valence-corrected chi connectivity index (χ4v) is 6.64. The van der Waals surface area contributed by atoms with Gasteiger partial charge in [-0.05, 0) is 76.2 Å². The SMILES string of the molecule is CN(C)C1(c2ccccc2)CCC2(CC1)CN(CC(=O)Nc1ncccc1C#N)C(O)N2CC1CCC1. The van der Waals surface area contributed by atoms with Crippen LogP contribution in [0.15, 0.2) is 48.7 Å². The number of anilines is 1. The van der Waals surface area contributed by atoms with Gasteiger partial charge in [0.15, 0.2) is 6.35 Å². The average molecular weight is 503 g/mol. The zero-order valence-electron chi connectivity index (χ0n) is 21.9. The summed E-state index contributed by atoms with van der Waals surface area (Å²) in [5.74, 6) is 0.611. The van der Waals surface area contributed by atoms with Gasteiger partial charge < -0.3 is 10.4 Å². The van der Waals surface area contributed by atoms with Crippen LogP contribution in [0.1, 0.15) is 56.1 Å². The molecule has 37 heavy (non-hydrogen) atoms. The van der Waals surface area contributed by atoms with Gasteiger partial charge in [-0.3, -0.25) is 19.5 Å². The molecule has 8 nitrogen and oxygen atoms in total. The number of aliphatic hydroxyl groups is 1. The van der Waals surface area contributed by atoms with E-state index in [1.807, 2.05) is 4.90 Å². The van der Waals surface area contributed by atoms with Gasteiger partial charge in [0.1, 0.15) is 11.9 Å². The van der Waals surface area contributed by atoms with E-state index in [-0.39, 0.29) is 29.3 Å². The second kappa shape index (κ2) is 10.5. The lowest BCUT2D eigenvalue weighted by Crippen LogP contribution is -2.57. The minimum Gasteiger partial charge on any atom is -0.365 e. The first-order chi connectivity index (χ1) is 17.9. The summed E-state index contributed by atoms with van der Waals surface area (Å²) in [6.07, 6.45) is 8.36. The van der Waals surface area contributed by atoms with E-state index in [1.165, 1.54) is 24.8 Å². The third-order valence-corrected chi connectivity index (χ3v) is 9.10. The van der Waals surface area contributed by atoms with Gasteiger partial charge in [-0.1, -0.05) is 36.8 Å². The largest absolute Gasteiger partial charge is 0.365 e. The van der Waals surface area contributed by atoms with Crippen LogP contribution in [0.5, 0.6) is 0 Å². The van der Waals surface area contributed by atoms with Gasteiger partial charge in [-0.25, -0.2) is 4.98 Å². The summed E-state index contributed by atoms with van der Waals surface area (Å²) < 4.78 is 0. The minimum atomic E-state index is -0.797. The molecule has 1 atom stereocenters. The maximum Gasteiger partial charge on any atom is 0.239 e. The van der Waals surface area contributed by atoms with Gasteiger partial charge in [0, 0.05) is 30.4 Å². The molecule has 2 heterocycles. The molecule has 1 unspecified atom stereocenters. The average Bonchev–Trinajstić information content (AvgIpc) is 3.12. The number of aliphatic hydroxyl groups excluding tert-OH is 1. The Morgan fingerprint density at radius 2 is 1.89 bits per heavy atom. The number of benzene rings is 1. The number of carbonyl (C=O) groups is 1. The quantitative estimate of drug-likeness (QED) is 0.599. The molecular formula is C29H38N6O2. The molecule has 1 amide bonds. The van der Waals surface area contributed by atoms with Crippen LogP contribution < -0.4 is 5.32 Å². The van der Waals surface area contributed by atoms with E-state index in [1.54, 1.807) is 18.3 Å². The minimum absolute atomic E-state index is 0.0307. The molecule has 5 rings (SSSR count). The Balaban J connectivity index is 1.34. The number of hydrogen-bond acceptors (Lipinski definition) is 7. The van der Waals surface area contributed by atoms with Crippen molar-refractivity contribution in [1.29, 1.82) is 5.26 Å². The van der Waals surface area contributed by atoms with Crippen molar-refractivity contribution in [3.8, 4) is 6.07 Å². The van der Waals surface area contributed by atoms with E-state index >= 15 is 0 Å². The molecular weight excluding hydrogens is 464 g/mol. The van der Waals surface area contributed by atoms with Crippen LogP contribution in [0.2, 0.25) is 0 Å². The molecule has 3 fully saturated rings. The number of hydrogen-bond donors (Lipinski definition) is 2. The zero-order valence-corrected chi connectivity index (χ0v) is 21.9. The van der Waals surface area contributed by atoms with Crippen molar-refractivity contribution < 1.29 is 9.90 Å². The molecule has 2 N–H and O–H groups in total. The normalized spacial score (nSPS) is 28.8. The molecule has 1 aliphatic heterocycles. The van der Waals surface area contributed by atoms with Crippen LogP contribution in [-0.4, -0.2) is 76.3 Å². The van der Waals surface area contributed by atoms with Gasteiger partial charge in [0.2, 0.25) is 5.91 Å². The zero-order chi connectivity index (χ0) is 26.0. The Labute approximate surface area is 219 Å². The van der Waals surface area contributed by atoms with Crippen molar-refractivity contribution in [1.82, 2.24) is 19.7 Å². The summed E-state index contributed by atoms with van der Waals surface area (Å²) in [4.78, 5) is 23.7. The summed E-state index contributed by atoms with van der Waals surface area (Å²) in [7, 11) is 4.34. The highest BCUT2D eigenvalue weighted by Crippen LogP contribution is 2.50. The van der Waals surface area contributed by atoms with Crippen LogP contribution in [0, 0.1) is 17.2 Å². The van der Waals surface area contributed by atoms with Crippen molar-refractivity contribution in [2.45, 2.75) is 62.4 Å². The monoisotopic (exact) mass is 502 g/mol. The van der Waals surface area contributed by atoms with Crippen molar-refractivity contribution in [2.24, 2.45) is 5.92 Å². The molecule has 2 aromatic rings. The Morgan fingerprint density at radius 1 is 1.16 bits per heavy atom. The molecule has 1 saturated heterocycles. The van der Waals surface area contributed by atoms with Gasteiger partial charge in [0.25, 0.3) is 0 Å². The predicted molar refractivity (Wildman–Crippen MR) is 142 cm³/mol. The molecule has 196 valence electrons. The molecule has 2 aliphatic carbocycles. The molecule has 1 aromatic heterocycles. The molecule has 0 bridgehead atoms. The van der Waals surface area contributed by atoms with E-state index in [4.69, 9.17) is 0 Å². The number of nitrogens with one attached hydrogen (secondary N) is 1. The Morgan fingerprint density at radius 3 is 2.51 bits per heavy atom. The first-order valence-corrected chi connectivity index (χ1v) is 13.4. The summed E-state index contributed by atoms with van der Waals surface area (Å²) in [6.45, 7) is 1.58.